The standard InChI is InChI=1S/C13H14Cl2N2/c1-8-9(2)16-17(10(8)3)13-6-4-5-12(15)11(13)7-14/h4-6H,7H2,1-3H3. The molecule has 0 saturated heterocycles. The van der Waals surface area contributed by atoms with E-state index in [4.69, 9.17) is 23.2 Å². The Bertz CT molecular complexity index is 559. The van der Waals surface area contributed by atoms with Gasteiger partial charge in [0.25, 0.3) is 0 Å². The minimum atomic E-state index is 0.381. The van der Waals surface area contributed by atoms with Crippen molar-refractivity contribution < 1.29 is 0 Å². The van der Waals surface area contributed by atoms with E-state index in [2.05, 4.69) is 12.0 Å². The Labute approximate surface area is 111 Å². The topological polar surface area (TPSA) is 17.8 Å². The number of hydrogen-bond donors (Lipinski definition) is 0. The molecule has 0 atom stereocenters. The summed E-state index contributed by atoms with van der Waals surface area (Å²) in [5.74, 6) is 0.381. The molecule has 1 heterocycles. The van der Waals surface area contributed by atoms with Crippen molar-refractivity contribution in [2.45, 2.75) is 26.7 Å². The zero-order valence-corrected chi connectivity index (χ0v) is 11.6. The van der Waals surface area contributed by atoms with E-state index in [1.54, 1.807) is 0 Å². The summed E-state index contributed by atoms with van der Waals surface area (Å²) in [5.41, 5.74) is 5.23. The predicted octanol–water partition coefficient (Wildman–Crippen LogP) is 4.19. The lowest BCUT2D eigenvalue weighted by Gasteiger charge is -2.10. The molecule has 4 heteroatoms. The maximum Gasteiger partial charge on any atom is 0.0707 e. The Morgan fingerprint density at radius 2 is 1.94 bits per heavy atom. The highest BCUT2D eigenvalue weighted by Gasteiger charge is 2.13. The molecule has 0 aliphatic rings. The van der Waals surface area contributed by atoms with E-state index in [-0.39, 0.29) is 0 Å². The van der Waals surface area contributed by atoms with Crippen LogP contribution in [0.4, 0.5) is 0 Å². The van der Waals surface area contributed by atoms with Gasteiger partial charge in [-0.15, -0.1) is 11.6 Å². The lowest BCUT2D eigenvalue weighted by molar-refractivity contribution is 0.826. The quantitative estimate of drug-likeness (QED) is 0.747. The highest BCUT2D eigenvalue weighted by atomic mass is 35.5. The summed E-state index contributed by atoms with van der Waals surface area (Å²) in [6, 6.07) is 5.75. The highest BCUT2D eigenvalue weighted by Crippen LogP contribution is 2.26. The molecule has 0 unspecified atom stereocenters. The second kappa shape index (κ2) is 4.71. The Morgan fingerprint density at radius 3 is 2.47 bits per heavy atom. The maximum atomic E-state index is 6.15. The minimum absolute atomic E-state index is 0.381. The fourth-order valence-electron chi connectivity index (χ4n) is 1.83. The van der Waals surface area contributed by atoms with Gasteiger partial charge in [-0.3, -0.25) is 0 Å². The summed E-state index contributed by atoms with van der Waals surface area (Å²) < 4.78 is 1.91. The van der Waals surface area contributed by atoms with E-state index < -0.39 is 0 Å². The molecule has 17 heavy (non-hydrogen) atoms. The van der Waals surface area contributed by atoms with Crippen molar-refractivity contribution in [3.05, 3.63) is 45.7 Å². The van der Waals surface area contributed by atoms with Crippen molar-refractivity contribution >= 4 is 23.2 Å². The number of hydrogen-bond acceptors (Lipinski definition) is 1. The van der Waals surface area contributed by atoms with Crippen LogP contribution in [-0.4, -0.2) is 9.78 Å². The average Bonchev–Trinajstić information content (AvgIpc) is 2.56. The van der Waals surface area contributed by atoms with Crippen LogP contribution >= 0.6 is 23.2 Å². The van der Waals surface area contributed by atoms with Gasteiger partial charge in [-0.25, -0.2) is 4.68 Å². The molecule has 0 spiro atoms. The fraction of sp³-hybridized carbons (Fsp3) is 0.308. The Hall–Kier alpha value is -0.990. The summed E-state index contributed by atoms with van der Waals surface area (Å²) in [6.07, 6.45) is 0. The van der Waals surface area contributed by atoms with Gasteiger partial charge < -0.3 is 0 Å². The fourth-order valence-corrected chi connectivity index (χ4v) is 2.42. The number of benzene rings is 1. The zero-order chi connectivity index (χ0) is 12.6. The van der Waals surface area contributed by atoms with Crippen LogP contribution in [-0.2, 0) is 5.88 Å². The lowest BCUT2D eigenvalue weighted by atomic mass is 10.2. The summed E-state index contributed by atoms with van der Waals surface area (Å²) >= 11 is 12.1. The molecular weight excluding hydrogens is 255 g/mol. The van der Waals surface area contributed by atoms with Gasteiger partial charge in [0.15, 0.2) is 0 Å². The molecule has 2 aromatic rings. The number of alkyl halides is 1. The van der Waals surface area contributed by atoms with E-state index >= 15 is 0 Å². The van der Waals surface area contributed by atoms with E-state index in [0.29, 0.717) is 10.9 Å². The molecule has 2 nitrogen and oxygen atoms in total. The van der Waals surface area contributed by atoms with Gasteiger partial charge in [-0.05, 0) is 38.5 Å². The monoisotopic (exact) mass is 268 g/mol. The molecule has 2 rings (SSSR count). The molecule has 0 N–H and O–H groups in total. The number of halogens is 2. The Morgan fingerprint density at radius 1 is 1.24 bits per heavy atom. The van der Waals surface area contributed by atoms with E-state index in [1.165, 1.54) is 5.56 Å². The lowest BCUT2D eigenvalue weighted by Crippen LogP contribution is -2.03. The Balaban J connectivity index is 2.68. The van der Waals surface area contributed by atoms with Crippen molar-refractivity contribution in [1.82, 2.24) is 9.78 Å². The third kappa shape index (κ3) is 2.07. The summed E-state index contributed by atoms with van der Waals surface area (Å²) in [4.78, 5) is 0. The first kappa shape index (κ1) is 12.5. The summed E-state index contributed by atoms with van der Waals surface area (Å²) in [5, 5.41) is 5.21. The molecule has 0 bridgehead atoms. The molecule has 0 aliphatic heterocycles. The largest absolute Gasteiger partial charge is 0.237 e. The van der Waals surface area contributed by atoms with Crippen molar-refractivity contribution in [2.24, 2.45) is 0 Å². The van der Waals surface area contributed by atoms with Crippen molar-refractivity contribution in [1.29, 1.82) is 0 Å². The predicted molar refractivity (Wildman–Crippen MR) is 72.3 cm³/mol. The van der Waals surface area contributed by atoms with Crippen molar-refractivity contribution in [2.75, 3.05) is 0 Å². The smallest absolute Gasteiger partial charge is 0.0707 e. The van der Waals surface area contributed by atoms with Crippen LogP contribution < -0.4 is 0 Å². The van der Waals surface area contributed by atoms with Gasteiger partial charge in [0, 0.05) is 16.3 Å². The van der Waals surface area contributed by atoms with E-state index in [1.807, 2.05) is 36.7 Å². The maximum absolute atomic E-state index is 6.15. The molecule has 1 aromatic carbocycles. The number of aryl methyl sites for hydroxylation is 1. The first-order valence-electron chi connectivity index (χ1n) is 5.42. The number of rotatable bonds is 2. The van der Waals surface area contributed by atoms with Gasteiger partial charge >= 0.3 is 0 Å². The van der Waals surface area contributed by atoms with Crippen LogP contribution in [0.25, 0.3) is 5.69 Å². The minimum Gasteiger partial charge on any atom is -0.237 e. The molecule has 90 valence electrons. The molecule has 0 aliphatic carbocycles. The van der Waals surface area contributed by atoms with Crippen LogP contribution in [0, 0.1) is 20.8 Å². The normalized spacial score (nSPS) is 10.9. The second-order valence-corrected chi connectivity index (χ2v) is 4.75. The van der Waals surface area contributed by atoms with Crippen LogP contribution in [0.1, 0.15) is 22.5 Å². The van der Waals surface area contributed by atoms with Gasteiger partial charge in [0.05, 0.1) is 17.3 Å². The van der Waals surface area contributed by atoms with Crippen molar-refractivity contribution in [3.63, 3.8) is 0 Å². The molecule has 0 amide bonds. The van der Waals surface area contributed by atoms with Gasteiger partial charge in [0.2, 0.25) is 0 Å². The van der Waals surface area contributed by atoms with Gasteiger partial charge in [-0.2, -0.15) is 5.10 Å². The van der Waals surface area contributed by atoms with E-state index in [0.717, 1.165) is 22.6 Å². The highest BCUT2D eigenvalue weighted by molar-refractivity contribution is 6.32. The molecule has 0 fully saturated rings. The zero-order valence-electron chi connectivity index (χ0n) is 10.1. The number of nitrogens with zero attached hydrogens (tertiary/aromatic N) is 2. The Kier molecular flexibility index (Phi) is 3.45. The second-order valence-electron chi connectivity index (χ2n) is 4.08. The molecule has 1 aromatic heterocycles. The SMILES string of the molecule is Cc1nn(-c2cccc(Cl)c2CCl)c(C)c1C. The van der Waals surface area contributed by atoms with Crippen molar-refractivity contribution in [3.8, 4) is 5.69 Å². The van der Waals surface area contributed by atoms with Crippen LogP contribution in [0.3, 0.4) is 0 Å². The molecule has 0 saturated carbocycles. The van der Waals surface area contributed by atoms with Gasteiger partial charge in [-0.1, -0.05) is 17.7 Å². The summed E-state index contributed by atoms with van der Waals surface area (Å²) in [7, 11) is 0. The first-order chi connectivity index (χ1) is 8.06. The third-order valence-corrected chi connectivity index (χ3v) is 3.73. The summed E-state index contributed by atoms with van der Waals surface area (Å²) in [6.45, 7) is 6.12. The molecular formula is C13H14Cl2N2. The first-order valence-corrected chi connectivity index (χ1v) is 6.34. The average molecular weight is 269 g/mol. The molecule has 0 radical (unpaired) electrons. The van der Waals surface area contributed by atoms with Crippen LogP contribution in [0.2, 0.25) is 5.02 Å². The van der Waals surface area contributed by atoms with E-state index in [9.17, 15) is 0 Å². The van der Waals surface area contributed by atoms with Crippen LogP contribution in [0.5, 0.6) is 0 Å². The van der Waals surface area contributed by atoms with Crippen LogP contribution in [0.15, 0.2) is 18.2 Å². The third-order valence-electron chi connectivity index (χ3n) is 3.11. The van der Waals surface area contributed by atoms with Gasteiger partial charge in [0.1, 0.15) is 0 Å². The number of aromatic nitrogens is 2.